The van der Waals surface area contributed by atoms with E-state index in [0.717, 1.165) is 49.7 Å². The molecule has 1 aromatic carbocycles. The van der Waals surface area contributed by atoms with Crippen LogP contribution < -0.4 is 0 Å². The molecular formula is C22H25FN4. The predicted molar refractivity (Wildman–Crippen MR) is 104 cm³/mol. The van der Waals surface area contributed by atoms with Crippen LogP contribution in [0.15, 0.2) is 54.9 Å². The van der Waals surface area contributed by atoms with E-state index >= 15 is 0 Å². The number of hydrogen-bond acceptors (Lipinski definition) is 3. The summed E-state index contributed by atoms with van der Waals surface area (Å²) >= 11 is 0. The van der Waals surface area contributed by atoms with Gasteiger partial charge in [0, 0.05) is 31.1 Å². The van der Waals surface area contributed by atoms with Crippen LogP contribution in [-0.2, 0) is 19.5 Å². The quantitative estimate of drug-likeness (QED) is 0.651. The molecule has 0 amide bonds. The van der Waals surface area contributed by atoms with Crippen LogP contribution in [0.1, 0.15) is 48.6 Å². The zero-order valence-electron chi connectivity index (χ0n) is 15.7. The van der Waals surface area contributed by atoms with Gasteiger partial charge in [0.15, 0.2) is 0 Å². The molecule has 1 aliphatic rings. The first kappa shape index (κ1) is 17.9. The predicted octanol–water partition coefficient (Wildman–Crippen LogP) is 4.37. The maximum absolute atomic E-state index is 14.0. The molecule has 3 aromatic rings. The van der Waals surface area contributed by atoms with E-state index in [1.807, 2.05) is 36.7 Å². The summed E-state index contributed by atoms with van der Waals surface area (Å²) in [4.78, 5) is 11.9. The van der Waals surface area contributed by atoms with Crippen molar-refractivity contribution in [3.05, 3.63) is 83.5 Å². The van der Waals surface area contributed by atoms with Crippen LogP contribution in [0.3, 0.4) is 0 Å². The second-order valence-corrected chi connectivity index (χ2v) is 7.08. The first-order valence-corrected chi connectivity index (χ1v) is 9.68. The first-order valence-electron chi connectivity index (χ1n) is 9.68. The molecule has 4 rings (SSSR count). The zero-order chi connectivity index (χ0) is 18.6. The Bertz CT molecular complexity index is 905. The Kier molecular flexibility index (Phi) is 5.30. The van der Waals surface area contributed by atoms with Gasteiger partial charge < -0.3 is 4.57 Å². The van der Waals surface area contributed by atoms with Crippen molar-refractivity contribution in [2.45, 2.75) is 45.3 Å². The maximum atomic E-state index is 14.0. The molecule has 0 aliphatic carbocycles. The lowest BCUT2D eigenvalue weighted by atomic mass is 10.1. The standard InChI is InChI=1S/C22H25FN4/c1-2-26-14-12-24-22(26)16-27-13-6-11-21(27)20-10-5-8-18(25-20)15-17-7-3-4-9-19(17)23/h3-5,7-10,12,14,21H,2,6,11,13,15-16H2,1H3/t21-/m0/s1. The van der Waals surface area contributed by atoms with E-state index < -0.39 is 0 Å². The van der Waals surface area contributed by atoms with Crippen LogP contribution in [0.4, 0.5) is 4.39 Å². The third-order valence-corrected chi connectivity index (χ3v) is 5.35. The number of benzene rings is 1. The molecule has 1 fully saturated rings. The molecule has 0 radical (unpaired) electrons. The molecular weight excluding hydrogens is 339 g/mol. The molecule has 0 N–H and O–H groups in total. The summed E-state index contributed by atoms with van der Waals surface area (Å²) in [5.74, 6) is 0.936. The molecule has 27 heavy (non-hydrogen) atoms. The van der Waals surface area contributed by atoms with Crippen LogP contribution in [0, 0.1) is 5.82 Å². The highest BCUT2D eigenvalue weighted by Gasteiger charge is 2.28. The Morgan fingerprint density at radius 1 is 1.15 bits per heavy atom. The monoisotopic (exact) mass is 364 g/mol. The molecule has 3 heterocycles. The van der Waals surface area contributed by atoms with Gasteiger partial charge in [0.05, 0.1) is 18.3 Å². The first-order chi connectivity index (χ1) is 13.2. The molecule has 0 unspecified atom stereocenters. The van der Waals surface area contributed by atoms with Crippen LogP contribution in [0.25, 0.3) is 0 Å². The summed E-state index contributed by atoms with van der Waals surface area (Å²) in [5, 5.41) is 0. The van der Waals surface area contributed by atoms with Crippen LogP contribution in [0.5, 0.6) is 0 Å². The van der Waals surface area contributed by atoms with E-state index in [2.05, 4.69) is 27.4 Å². The Morgan fingerprint density at radius 3 is 2.89 bits per heavy atom. The van der Waals surface area contributed by atoms with Crippen LogP contribution in [0.2, 0.25) is 0 Å². The molecule has 0 saturated carbocycles. The fourth-order valence-corrected chi connectivity index (χ4v) is 3.93. The van der Waals surface area contributed by atoms with E-state index in [0.29, 0.717) is 18.0 Å². The van der Waals surface area contributed by atoms with Gasteiger partial charge in [-0.1, -0.05) is 24.3 Å². The number of halogens is 1. The number of imidazole rings is 1. The molecule has 1 saturated heterocycles. The molecule has 4 nitrogen and oxygen atoms in total. The van der Waals surface area contributed by atoms with E-state index in [1.54, 1.807) is 6.07 Å². The summed E-state index contributed by atoms with van der Waals surface area (Å²) in [5.41, 5.74) is 2.69. The second-order valence-electron chi connectivity index (χ2n) is 7.08. The highest BCUT2D eigenvalue weighted by atomic mass is 19.1. The van der Waals surface area contributed by atoms with Crippen LogP contribution in [-0.4, -0.2) is 26.0 Å². The van der Waals surface area contributed by atoms with Crippen molar-refractivity contribution < 1.29 is 4.39 Å². The average Bonchev–Trinajstić information content (AvgIpc) is 3.33. The van der Waals surface area contributed by atoms with E-state index in [9.17, 15) is 4.39 Å². The average molecular weight is 364 g/mol. The Labute approximate surface area is 159 Å². The number of aromatic nitrogens is 3. The fraction of sp³-hybridized carbons (Fsp3) is 0.364. The number of nitrogens with zero attached hydrogens (tertiary/aromatic N) is 4. The normalized spacial score (nSPS) is 17.5. The van der Waals surface area contributed by atoms with Gasteiger partial charge in [-0.2, -0.15) is 0 Å². The molecule has 0 spiro atoms. The number of pyridine rings is 1. The lowest BCUT2D eigenvalue weighted by molar-refractivity contribution is 0.235. The van der Waals surface area contributed by atoms with Gasteiger partial charge in [-0.3, -0.25) is 9.88 Å². The largest absolute Gasteiger partial charge is 0.334 e. The van der Waals surface area contributed by atoms with Crippen molar-refractivity contribution in [1.29, 1.82) is 0 Å². The van der Waals surface area contributed by atoms with Gasteiger partial charge >= 0.3 is 0 Å². The summed E-state index contributed by atoms with van der Waals surface area (Å²) in [6, 6.07) is 13.4. The van der Waals surface area contributed by atoms with Crippen molar-refractivity contribution in [3.63, 3.8) is 0 Å². The van der Waals surface area contributed by atoms with Gasteiger partial charge in [-0.25, -0.2) is 9.37 Å². The molecule has 1 atom stereocenters. The number of likely N-dealkylation sites (tertiary alicyclic amines) is 1. The number of rotatable bonds is 6. The fourth-order valence-electron chi connectivity index (χ4n) is 3.93. The van der Waals surface area contributed by atoms with E-state index in [4.69, 9.17) is 4.98 Å². The smallest absolute Gasteiger partial charge is 0.126 e. The van der Waals surface area contributed by atoms with Crippen molar-refractivity contribution in [2.24, 2.45) is 0 Å². The summed E-state index contributed by atoms with van der Waals surface area (Å²) in [6.45, 7) is 4.97. The zero-order valence-corrected chi connectivity index (χ0v) is 15.7. The highest BCUT2D eigenvalue weighted by Crippen LogP contribution is 2.32. The topological polar surface area (TPSA) is 34.0 Å². The lowest BCUT2D eigenvalue weighted by Crippen LogP contribution is -2.25. The second kappa shape index (κ2) is 8.01. The molecule has 5 heteroatoms. The maximum Gasteiger partial charge on any atom is 0.126 e. The molecule has 2 aromatic heterocycles. The van der Waals surface area contributed by atoms with Crippen molar-refractivity contribution in [2.75, 3.05) is 6.54 Å². The Balaban J connectivity index is 1.53. The van der Waals surface area contributed by atoms with Gasteiger partial charge in [-0.15, -0.1) is 0 Å². The van der Waals surface area contributed by atoms with Gasteiger partial charge in [0.1, 0.15) is 11.6 Å². The summed E-state index contributed by atoms with van der Waals surface area (Å²) < 4.78 is 16.2. The van der Waals surface area contributed by atoms with E-state index in [-0.39, 0.29) is 5.82 Å². The summed E-state index contributed by atoms with van der Waals surface area (Å²) in [6.07, 6.45) is 6.69. The highest BCUT2D eigenvalue weighted by molar-refractivity contribution is 5.25. The van der Waals surface area contributed by atoms with Crippen molar-refractivity contribution in [1.82, 2.24) is 19.4 Å². The Hall–Kier alpha value is -2.53. The Morgan fingerprint density at radius 2 is 2.04 bits per heavy atom. The van der Waals surface area contributed by atoms with Crippen LogP contribution >= 0.6 is 0 Å². The number of hydrogen-bond donors (Lipinski definition) is 0. The van der Waals surface area contributed by atoms with E-state index in [1.165, 1.54) is 6.07 Å². The minimum Gasteiger partial charge on any atom is -0.334 e. The van der Waals surface area contributed by atoms with Crippen molar-refractivity contribution >= 4 is 0 Å². The minimum atomic E-state index is -0.168. The molecule has 140 valence electrons. The van der Waals surface area contributed by atoms with Gasteiger partial charge in [-0.05, 0) is 50.1 Å². The number of aryl methyl sites for hydroxylation is 1. The third-order valence-electron chi connectivity index (χ3n) is 5.35. The minimum absolute atomic E-state index is 0.168. The van der Waals surface area contributed by atoms with Gasteiger partial charge in [0.2, 0.25) is 0 Å². The third kappa shape index (κ3) is 3.93. The SMILES string of the molecule is CCn1ccnc1CN1CCC[C@H]1c1cccc(Cc2ccccc2F)n1. The molecule has 1 aliphatic heterocycles. The summed E-state index contributed by atoms with van der Waals surface area (Å²) in [7, 11) is 0. The van der Waals surface area contributed by atoms with Crippen molar-refractivity contribution in [3.8, 4) is 0 Å². The molecule has 0 bridgehead atoms. The van der Waals surface area contributed by atoms with Gasteiger partial charge in [0.25, 0.3) is 0 Å². The lowest BCUT2D eigenvalue weighted by Gasteiger charge is -2.24.